The Morgan fingerprint density at radius 1 is 0.636 bits per heavy atom. The molecule has 0 fully saturated rings. The summed E-state index contributed by atoms with van der Waals surface area (Å²) in [6, 6.07) is 21.7. The van der Waals surface area contributed by atoms with Crippen LogP contribution in [0.5, 0.6) is 0 Å². The Hall–Kier alpha value is -0.840. The van der Waals surface area contributed by atoms with Gasteiger partial charge in [-0.3, -0.25) is 0 Å². The van der Waals surface area contributed by atoms with E-state index in [1.807, 2.05) is 0 Å². The second-order valence-electron chi connectivity index (χ2n) is 7.22. The molecule has 120 valence electrons. The van der Waals surface area contributed by atoms with Crippen LogP contribution in [0.15, 0.2) is 60.7 Å². The van der Waals surface area contributed by atoms with Crippen molar-refractivity contribution in [3.8, 4) is 0 Å². The number of rotatable bonds is 6. The molecule has 0 radical (unpaired) electrons. The van der Waals surface area contributed by atoms with E-state index in [1.54, 1.807) is 0 Å². The van der Waals surface area contributed by atoms with Crippen molar-refractivity contribution in [2.45, 2.75) is 50.8 Å². The van der Waals surface area contributed by atoms with Gasteiger partial charge in [0.25, 0.3) is 0 Å². The van der Waals surface area contributed by atoms with Crippen molar-refractivity contribution in [2.75, 3.05) is 0 Å². The number of hydrogen-bond donors (Lipinski definition) is 0. The summed E-state index contributed by atoms with van der Waals surface area (Å²) in [6.07, 6.45) is 2.31. The van der Waals surface area contributed by atoms with Gasteiger partial charge in [0.2, 0.25) is 0 Å². The summed E-state index contributed by atoms with van der Waals surface area (Å²) >= 11 is 0. The summed E-state index contributed by atoms with van der Waals surface area (Å²) in [5, 5.41) is 0.694. The molecule has 0 aliphatic heterocycles. The van der Waals surface area contributed by atoms with Gasteiger partial charge in [-0.05, 0) is 34.3 Å². The highest BCUT2D eigenvalue weighted by Gasteiger charge is 2.28. The van der Waals surface area contributed by atoms with Crippen LogP contribution in [0, 0.1) is 0 Å². The zero-order chi connectivity index (χ0) is 15.3. The highest BCUT2D eigenvalue weighted by atomic mass is 35.5. The number of hydrogen-bond acceptors (Lipinski definition) is 0. The van der Waals surface area contributed by atoms with E-state index in [-0.39, 0.29) is 12.4 Å². The Labute approximate surface area is 143 Å². The fourth-order valence-electron chi connectivity index (χ4n) is 3.22. The third kappa shape index (κ3) is 6.51. The lowest BCUT2D eigenvalue weighted by Crippen LogP contribution is -2.27. The molecule has 0 nitrogen and oxygen atoms in total. The van der Waals surface area contributed by atoms with E-state index >= 15 is 0 Å². The van der Waals surface area contributed by atoms with E-state index in [9.17, 15) is 0 Å². The standard InChI is InChI=1S/C20H27P.ClH/c1-19(2,15-17-11-7-5-8-12-17)21-20(3,4)16-18-13-9-6-10-14-18;/h5-14,21H,15-16H2,1-4H3;1H. The van der Waals surface area contributed by atoms with Crippen LogP contribution in [-0.4, -0.2) is 10.3 Å². The van der Waals surface area contributed by atoms with Crippen LogP contribution >= 0.6 is 21.0 Å². The molecule has 0 atom stereocenters. The number of halogens is 1. The highest BCUT2D eigenvalue weighted by Crippen LogP contribution is 2.46. The van der Waals surface area contributed by atoms with Crippen LogP contribution < -0.4 is 0 Å². The third-order valence-corrected chi connectivity index (χ3v) is 5.36. The van der Waals surface area contributed by atoms with Gasteiger partial charge in [0.1, 0.15) is 0 Å². The molecule has 0 heterocycles. The molecule has 0 saturated carbocycles. The molecular weight excluding hydrogens is 307 g/mol. The van der Waals surface area contributed by atoms with E-state index in [1.165, 1.54) is 11.1 Å². The van der Waals surface area contributed by atoms with Gasteiger partial charge in [0, 0.05) is 0 Å². The van der Waals surface area contributed by atoms with Gasteiger partial charge in [-0.1, -0.05) is 88.4 Å². The van der Waals surface area contributed by atoms with E-state index in [0.717, 1.165) is 21.4 Å². The molecule has 2 aromatic rings. The average Bonchev–Trinajstić information content (AvgIpc) is 2.38. The van der Waals surface area contributed by atoms with Crippen molar-refractivity contribution >= 4 is 21.0 Å². The maximum atomic E-state index is 2.41. The highest BCUT2D eigenvalue weighted by molar-refractivity contribution is 7.41. The second-order valence-corrected chi connectivity index (χ2v) is 10.2. The van der Waals surface area contributed by atoms with Crippen molar-refractivity contribution in [1.29, 1.82) is 0 Å². The molecule has 0 aromatic heterocycles. The molecule has 2 heteroatoms. The van der Waals surface area contributed by atoms with Crippen LogP contribution in [0.1, 0.15) is 38.8 Å². The summed E-state index contributed by atoms with van der Waals surface area (Å²) in [6.45, 7) is 9.63. The van der Waals surface area contributed by atoms with Gasteiger partial charge in [-0.15, -0.1) is 21.0 Å². The quantitative estimate of drug-likeness (QED) is 0.557. The molecule has 22 heavy (non-hydrogen) atoms. The van der Waals surface area contributed by atoms with Crippen molar-refractivity contribution in [3.05, 3.63) is 71.8 Å². The minimum atomic E-state index is 0. The Bertz CT molecular complexity index is 495. The molecule has 0 spiro atoms. The third-order valence-electron chi connectivity index (χ3n) is 3.65. The van der Waals surface area contributed by atoms with Crippen molar-refractivity contribution in [2.24, 2.45) is 0 Å². The smallest absolute Gasteiger partial charge is 0.0133 e. The molecule has 2 aromatic carbocycles. The van der Waals surface area contributed by atoms with Crippen LogP contribution in [-0.2, 0) is 12.8 Å². The average molecular weight is 335 g/mol. The van der Waals surface area contributed by atoms with E-state index < -0.39 is 0 Å². The predicted molar refractivity (Wildman–Crippen MR) is 104 cm³/mol. The molecule has 0 bridgehead atoms. The van der Waals surface area contributed by atoms with Crippen molar-refractivity contribution in [1.82, 2.24) is 0 Å². The van der Waals surface area contributed by atoms with Crippen LogP contribution in [0.25, 0.3) is 0 Å². The molecule has 0 aliphatic carbocycles. The summed E-state index contributed by atoms with van der Waals surface area (Å²) in [5.41, 5.74) is 2.90. The molecule has 0 amide bonds. The SMILES string of the molecule is CC(C)(Cc1ccccc1)PC(C)(C)Cc1ccccc1.Cl. The van der Waals surface area contributed by atoms with Gasteiger partial charge >= 0.3 is 0 Å². The lowest BCUT2D eigenvalue weighted by Gasteiger charge is -2.35. The van der Waals surface area contributed by atoms with E-state index in [0.29, 0.717) is 10.3 Å². The van der Waals surface area contributed by atoms with Gasteiger partial charge < -0.3 is 0 Å². The maximum absolute atomic E-state index is 2.41. The van der Waals surface area contributed by atoms with E-state index in [2.05, 4.69) is 88.4 Å². The first-order chi connectivity index (χ1) is 9.86. The predicted octanol–water partition coefficient (Wildman–Crippen LogP) is 6.13. The first-order valence-corrected chi connectivity index (χ1v) is 8.74. The minimum absolute atomic E-state index is 0. The summed E-state index contributed by atoms with van der Waals surface area (Å²) < 4.78 is 0. The minimum Gasteiger partial charge on any atom is -0.147 e. The van der Waals surface area contributed by atoms with E-state index in [4.69, 9.17) is 0 Å². The van der Waals surface area contributed by atoms with Crippen LogP contribution in [0.4, 0.5) is 0 Å². The van der Waals surface area contributed by atoms with Gasteiger partial charge in [0.15, 0.2) is 0 Å². The second kappa shape index (κ2) is 8.14. The fraction of sp³-hybridized carbons (Fsp3) is 0.400. The van der Waals surface area contributed by atoms with Gasteiger partial charge in [0.05, 0.1) is 0 Å². The molecule has 0 saturated heterocycles. The monoisotopic (exact) mass is 334 g/mol. The lowest BCUT2D eigenvalue weighted by atomic mass is 10.0. The largest absolute Gasteiger partial charge is 0.147 e. The molecule has 0 unspecified atom stereocenters. The topological polar surface area (TPSA) is 0 Å². The maximum Gasteiger partial charge on any atom is -0.0133 e. The van der Waals surface area contributed by atoms with Gasteiger partial charge in [-0.2, -0.15) is 0 Å². The zero-order valence-corrected chi connectivity index (χ0v) is 15.9. The zero-order valence-electron chi connectivity index (χ0n) is 14.1. The molecule has 2 rings (SSSR count). The van der Waals surface area contributed by atoms with Crippen molar-refractivity contribution < 1.29 is 0 Å². The Morgan fingerprint density at radius 3 is 1.27 bits per heavy atom. The molecular formula is C20H28ClP. The van der Waals surface area contributed by atoms with Crippen LogP contribution in [0.3, 0.4) is 0 Å². The van der Waals surface area contributed by atoms with Gasteiger partial charge in [-0.25, -0.2) is 0 Å². The normalized spacial score (nSPS) is 11.8. The first-order valence-electron chi connectivity index (χ1n) is 7.74. The molecule has 0 aliphatic rings. The fourth-order valence-corrected chi connectivity index (χ4v) is 5.63. The summed E-state index contributed by atoms with van der Waals surface area (Å²) in [5.74, 6) is 0. The Kier molecular flexibility index (Phi) is 7.10. The first kappa shape index (κ1) is 19.2. The summed E-state index contributed by atoms with van der Waals surface area (Å²) in [7, 11) is 0.937. The summed E-state index contributed by atoms with van der Waals surface area (Å²) in [4.78, 5) is 0. The van der Waals surface area contributed by atoms with Crippen molar-refractivity contribution in [3.63, 3.8) is 0 Å². The lowest BCUT2D eigenvalue weighted by molar-refractivity contribution is 0.638. The Morgan fingerprint density at radius 2 is 0.955 bits per heavy atom. The number of benzene rings is 2. The molecule has 0 N–H and O–H groups in total. The van der Waals surface area contributed by atoms with Crippen LogP contribution in [0.2, 0.25) is 0 Å². The Balaban J connectivity index is 0.00000242.